The number of halogens is 1. The van der Waals surface area contributed by atoms with Crippen LogP contribution in [0.3, 0.4) is 0 Å². The van der Waals surface area contributed by atoms with Gasteiger partial charge in [0.05, 0.1) is 22.7 Å². The van der Waals surface area contributed by atoms with Gasteiger partial charge < -0.3 is 9.88 Å². The quantitative estimate of drug-likeness (QED) is 0.219. The van der Waals surface area contributed by atoms with Crippen LogP contribution in [0.4, 0.5) is 5.69 Å². The van der Waals surface area contributed by atoms with E-state index in [2.05, 4.69) is 26.6 Å². The molecule has 0 aliphatic rings. The summed E-state index contributed by atoms with van der Waals surface area (Å²) in [5.74, 6) is 0.703. The van der Waals surface area contributed by atoms with Gasteiger partial charge in [0, 0.05) is 29.3 Å². The number of amides is 1. The van der Waals surface area contributed by atoms with E-state index in [0.29, 0.717) is 17.4 Å². The fourth-order valence-corrected chi connectivity index (χ4v) is 4.76. The molecule has 3 heterocycles. The molecule has 174 valence electrons. The number of para-hydroxylation sites is 1. The zero-order chi connectivity index (χ0) is 24.2. The number of anilines is 1. The summed E-state index contributed by atoms with van der Waals surface area (Å²) in [7, 11) is 0. The van der Waals surface area contributed by atoms with Gasteiger partial charge in [-0.15, -0.1) is 10.2 Å². The molecule has 0 unspecified atom stereocenters. The highest BCUT2D eigenvalue weighted by atomic mass is 35.5. The first-order chi connectivity index (χ1) is 17.1. The molecular formula is C26H21ClN6OS. The van der Waals surface area contributed by atoms with E-state index >= 15 is 0 Å². The predicted octanol–water partition coefficient (Wildman–Crippen LogP) is 5.96. The Balaban J connectivity index is 1.46. The van der Waals surface area contributed by atoms with E-state index < -0.39 is 0 Å². The summed E-state index contributed by atoms with van der Waals surface area (Å²) in [6.07, 6.45) is 1.57. The van der Waals surface area contributed by atoms with Gasteiger partial charge in [-0.3, -0.25) is 4.79 Å². The molecule has 0 radical (unpaired) electrons. The molecule has 5 aromatic rings. The molecule has 0 aliphatic carbocycles. The van der Waals surface area contributed by atoms with Gasteiger partial charge in [0.2, 0.25) is 5.91 Å². The maximum absolute atomic E-state index is 12.5. The van der Waals surface area contributed by atoms with E-state index in [1.54, 1.807) is 18.3 Å². The number of thioether (sulfide) groups is 1. The molecule has 0 bridgehead atoms. The van der Waals surface area contributed by atoms with Crippen LogP contribution in [-0.2, 0) is 11.3 Å². The molecule has 3 aromatic heterocycles. The molecule has 0 atom stereocenters. The highest BCUT2D eigenvalue weighted by Gasteiger charge is 2.18. The molecule has 0 spiro atoms. The van der Waals surface area contributed by atoms with Crippen molar-refractivity contribution in [2.24, 2.45) is 0 Å². The highest BCUT2D eigenvalue weighted by molar-refractivity contribution is 7.99. The average molecular weight is 501 g/mol. The maximum Gasteiger partial charge on any atom is 0.234 e. The van der Waals surface area contributed by atoms with Crippen molar-refractivity contribution < 1.29 is 4.79 Å². The molecule has 7 nitrogen and oxygen atoms in total. The fourth-order valence-electron chi connectivity index (χ4n) is 3.79. The molecule has 9 heteroatoms. The van der Waals surface area contributed by atoms with E-state index in [1.807, 2.05) is 66.1 Å². The molecule has 0 fully saturated rings. The lowest BCUT2D eigenvalue weighted by Gasteiger charge is -2.12. The summed E-state index contributed by atoms with van der Waals surface area (Å²) in [5.41, 5.74) is 4.21. The van der Waals surface area contributed by atoms with Crippen LogP contribution >= 0.6 is 23.4 Å². The van der Waals surface area contributed by atoms with Crippen molar-refractivity contribution >= 4 is 45.9 Å². The van der Waals surface area contributed by atoms with Gasteiger partial charge in [-0.1, -0.05) is 71.9 Å². The van der Waals surface area contributed by atoms with Gasteiger partial charge in [-0.25, -0.2) is 9.97 Å². The summed E-state index contributed by atoms with van der Waals surface area (Å²) < 4.78 is 2.02. The van der Waals surface area contributed by atoms with Crippen molar-refractivity contribution in [3.8, 4) is 22.6 Å². The standard InChI is InChI=1S/C26H21ClN6OS/c1-2-33-25(31-32-26(33)35-16-23(34)30-21-13-8-14-28-24(21)27)19-15-22(17-9-4-3-5-10-17)29-20-12-7-6-11-18(19)20/h3-15H,2,16H2,1H3,(H,30,34). The lowest BCUT2D eigenvalue weighted by molar-refractivity contribution is -0.113. The number of rotatable bonds is 7. The molecule has 0 saturated carbocycles. The Labute approximate surface area is 211 Å². The fraction of sp³-hybridized carbons (Fsp3) is 0.115. The maximum atomic E-state index is 12.5. The topological polar surface area (TPSA) is 85.6 Å². The smallest absolute Gasteiger partial charge is 0.234 e. The van der Waals surface area contributed by atoms with E-state index in [9.17, 15) is 4.79 Å². The van der Waals surface area contributed by atoms with Crippen molar-refractivity contribution in [2.45, 2.75) is 18.6 Å². The zero-order valence-corrected chi connectivity index (χ0v) is 20.4. The van der Waals surface area contributed by atoms with Gasteiger partial charge in [-0.2, -0.15) is 0 Å². The number of nitrogens with zero attached hydrogens (tertiary/aromatic N) is 5. The lowest BCUT2D eigenvalue weighted by atomic mass is 10.0. The number of pyridine rings is 2. The van der Waals surface area contributed by atoms with E-state index in [-0.39, 0.29) is 16.8 Å². The Hall–Kier alpha value is -3.75. The second-order valence-electron chi connectivity index (χ2n) is 7.67. The molecule has 2 aromatic carbocycles. The second kappa shape index (κ2) is 10.2. The SMILES string of the molecule is CCn1c(SCC(=O)Nc2cccnc2Cl)nnc1-c1cc(-c2ccccc2)nc2ccccc12. The van der Waals surface area contributed by atoms with Gasteiger partial charge in [-0.05, 0) is 31.2 Å². The van der Waals surface area contributed by atoms with Crippen LogP contribution in [0.25, 0.3) is 33.5 Å². The van der Waals surface area contributed by atoms with Crippen LogP contribution in [0.1, 0.15) is 6.92 Å². The second-order valence-corrected chi connectivity index (χ2v) is 8.97. The normalized spacial score (nSPS) is 11.0. The van der Waals surface area contributed by atoms with Gasteiger partial charge in [0.15, 0.2) is 16.1 Å². The molecule has 0 saturated heterocycles. The number of carbonyl (C=O) groups is 1. The lowest BCUT2D eigenvalue weighted by Crippen LogP contribution is -2.15. The minimum Gasteiger partial charge on any atom is -0.323 e. The average Bonchev–Trinajstić information content (AvgIpc) is 3.31. The van der Waals surface area contributed by atoms with Crippen molar-refractivity contribution in [1.82, 2.24) is 24.7 Å². The monoisotopic (exact) mass is 500 g/mol. The Morgan fingerprint density at radius 1 is 1.03 bits per heavy atom. The van der Waals surface area contributed by atoms with Crippen LogP contribution in [0, 0.1) is 0 Å². The summed E-state index contributed by atoms with van der Waals surface area (Å²) in [6, 6.07) is 23.6. The van der Waals surface area contributed by atoms with Crippen molar-refractivity contribution in [3.05, 3.63) is 84.1 Å². The molecule has 1 amide bonds. The Kier molecular flexibility index (Phi) is 6.74. The van der Waals surface area contributed by atoms with Crippen LogP contribution in [0.2, 0.25) is 5.15 Å². The zero-order valence-electron chi connectivity index (χ0n) is 18.9. The molecule has 0 aliphatic heterocycles. The Morgan fingerprint density at radius 3 is 2.63 bits per heavy atom. The van der Waals surface area contributed by atoms with Crippen molar-refractivity contribution in [1.29, 1.82) is 0 Å². The van der Waals surface area contributed by atoms with Crippen LogP contribution in [-0.4, -0.2) is 36.4 Å². The van der Waals surface area contributed by atoms with E-state index in [4.69, 9.17) is 16.6 Å². The Morgan fingerprint density at radius 2 is 1.83 bits per heavy atom. The molecule has 5 rings (SSSR count). The molecule has 1 N–H and O–H groups in total. The summed E-state index contributed by atoms with van der Waals surface area (Å²) in [5, 5.41) is 13.6. The van der Waals surface area contributed by atoms with Gasteiger partial charge >= 0.3 is 0 Å². The van der Waals surface area contributed by atoms with Gasteiger partial charge in [0.25, 0.3) is 0 Å². The minimum absolute atomic E-state index is 0.162. The number of benzene rings is 2. The number of nitrogens with one attached hydrogen (secondary N) is 1. The number of aromatic nitrogens is 5. The van der Waals surface area contributed by atoms with E-state index in [1.165, 1.54) is 11.8 Å². The molecule has 35 heavy (non-hydrogen) atoms. The predicted molar refractivity (Wildman–Crippen MR) is 140 cm³/mol. The molecular weight excluding hydrogens is 480 g/mol. The van der Waals surface area contributed by atoms with Gasteiger partial charge in [0.1, 0.15) is 0 Å². The third-order valence-electron chi connectivity index (χ3n) is 5.43. The first-order valence-corrected chi connectivity index (χ1v) is 12.4. The number of fused-ring (bicyclic) bond motifs is 1. The summed E-state index contributed by atoms with van der Waals surface area (Å²) in [6.45, 7) is 2.69. The van der Waals surface area contributed by atoms with Crippen LogP contribution < -0.4 is 5.32 Å². The minimum atomic E-state index is -0.196. The van der Waals surface area contributed by atoms with Crippen molar-refractivity contribution in [3.63, 3.8) is 0 Å². The summed E-state index contributed by atoms with van der Waals surface area (Å²) in [4.78, 5) is 21.4. The van der Waals surface area contributed by atoms with E-state index in [0.717, 1.165) is 33.5 Å². The largest absolute Gasteiger partial charge is 0.323 e. The number of carbonyl (C=O) groups excluding carboxylic acids is 1. The first-order valence-electron chi connectivity index (χ1n) is 11.1. The summed E-state index contributed by atoms with van der Waals surface area (Å²) >= 11 is 7.37. The number of hydrogen-bond donors (Lipinski definition) is 1. The highest BCUT2D eigenvalue weighted by Crippen LogP contribution is 2.33. The third kappa shape index (κ3) is 4.89. The van der Waals surface area contributed by atoms with Crippen LogP contribution in [0.15, 0.2) is 84.1 Å². The third-order valence-corrected chi connectivity index (χ3v) is 6.69. The first kappa shape index (κ1) is 23.0. The van der Waals surface area contributed by atoms with Crippen LogP contribution in [0.5, 0.6) is 0 Å². The number of hydrogen-bond acceptors (Lipinski definition) is 6. The Bertz CT molecular complexity index is 1500. The van der Waals surface area contributed by atoms with Crippen molar-refractivity contribution in [2.75, 3.05) is 11.1 Å².